The van der Waals surface area contributed by atoms with Gasteiger partial charge in [-0.1, -0.05) is 24.3 Å². The second kappa shape index (κ2) is 7.78. The van der Waals surface area contributed by atoms with Gasteiger partial charge in [0.25, 0.3) is 0 Å². The lowest BCUT2D eigenvalue weighted by Gasteiger charge is -2.06. The van der Waals surface area contributed by atoms with Gasteiger partial charge >= 0.3 is 6.18 Å². The number of halogens is 3. The number of allylic oxidation sites excluding steroid dienone is 1. The Bertz CT molecular complexity index is 1680. The predicted octanol–water partition coefficient (Wildman–Crippen LogP) is 6.95. The van der Waals surface area contributed by atoms with Gasteiger partial charge in [-0.3, -0.25) is 9.59 Å². The van der Waals surface area contributed by atoms with Gasteiger partial charge in [-0.15, -0.1) is 0 Å². The van der Waals surface area contributed by atoms with Gasteiger partial charge in [0.15, 0.2) is 22.8 Å². The van der Waals surface area contributed by atoms with E-state index in [2.05, 4.69) is 4.98 Å². The molecule has 5 aromatic rings. The second-order valence-corrected chi connectivity index (χ2v) is 8.56. The van der Waals surface area contributed by atoms with Crippen LogP contribution in [0.25, 0.3) is 39.5 Å². The highest BCUT2D eigenvalue weighted by Gasteiger charge is 2.34. The van der Waals surface area contributed by atoms with Gasteiger partial charge in [0.1, 0.15) is 0 Å². The van der Waals surface area contributed by atoms with Crippen molar-refractivity contribution in [2.24, 2.45) is 0 Å². The van der Waals surface area contributed by atoms with Gasteiger partial charge < -0.3 is 8.98 Å². The van der Waals surface area contributed by atoms with Crippen molar-refractivity contribution in [3.63, 3.8) is 0 Å². The molecule has 6 rings (SSSR count). The van der Waals surface area contributed by atoms with Gasteiger partial charge in [0.05, 0.1) is 11.1 Å². The number of carbonyl (C=O) groups is 2. The number of hydrogen-bond donors (Lipinski definition) is 0. The number of aromatic nitrogens is 2. The summed E-state index contributed by atoms with van der Waals surface area (Å²) < 4.78 is 46.2. The summed E-state index contributed by atoms with van der Waals surface area (Å²) in [6.45, 7) is 2.36. The zero-order valence-electron chi connectivity index (χ0n) is 18.9. The van der Waals surface area contributed by atoms with E-state index in [0.717, 1.165) is 22.9 Å². The van der Waals surface area contributed by atoms with E-state index in [-0.39, 0.29) is 23.0 Å². The Morgan fingerprint density at radius 3 is 2.08 bits per heavy atom. The largest absolute Gasteiger partial charge is 0.434 e. The number of hydrogen-bond acceptors (Lipinski definition) is 4. The number of carbonyl (C=O) groups excluding carboxylic acids is 2. The van der Waals surface area contributed by atoms with Gasteiger partial charge in [-0.05, 0) is 60.2 Å². The average molecular weight is 486 g/mol. The Labute approximate surface area is 202 Å². The normalized spacial score (nSPS) is 13.7. The average Bonchev–Trinajstić information content (AvgIpc) is 3.48. The number of aryl methyl sites for hydroxylation is 1. The fraction of sp³-hybridized carbons (Fsp3) is 0.107. The van der Waals surface area contributed by atoms with Crippen molar-refractivity contribution in [2.75, 3.05) is 0 Å². The summed E-state index contributed by atoms with van der Waals surface area (Å²) in [4.78, 5) is 30.7. The lowest BCUT2D eigenvalue weighted by molar-refractivity contribution is -0.137. The standard InChI is InChI=1S/C28H17F3N2O3/c1-2-33-19(13-22-24(34)20-11-16-5-3-4-6-17(16)12-21(20)25(22)35)14-23-26(33)32-27(36-23)15-7-9-18(10-8-15)28(29,30)31/h3-14H,2H2,1H3. The number of ketones is 2. The van der Waals surface area contributed by atoms with Crippen LogP contribution in [0.4, 0.5) is 13.2 Å². The first-order valence-corrected chi connectivity index (χ1v) is 11.3. The Morgan fingerprint density at radius 2 is 1.53 bits per heavy atom. The van der Waals surface area contributed by atoms with Crippen LogP contribution >= 0.6 is 0 Å². The molecule has 2 aromatic heterocycles. The third-order valence-corrected chi connectivity index (χ3v) is 6.41. The molecule has 0 N–H and O–H groups in total. The zero-order chi connectivity index (χ0) is 25.2. The molecule has 0 saturated heterocycles. The van der Waals surface area contributed by atoms with Crippen LogP contribution in [0.1, 0.15) is 38.9 Å². The maximum atomic E-state index is 13.1. The van der Waals surface area contributed by atoms with E-state index >= 15 is 0 Å². The van der Waals surface area contributed by atoms with Crippen LogP contribution < -0.4 is 0 Å². The van der Waals surface area contributed by atoms with Crippen LogP contribution in [0.15, 0.2) is 76.7 Å². The summed E-state index contributed by atoms with van der Waals surface area (Å²) in [5, 5.41) is 1.76. The number of alkyl halides is 3. The minimum atomic E-state index is -4.43. The zero-order valence-corrected chi connectivity index (χ0v) is 18.9. The summed E-state index contributed by atoms with van der Waals surface area (Å²) in [7, 11) is 0. The maximum Gasteiger partial charge on any atom is 0.416 e. The van der Waals surface area contributed by atoms with Crippen LogP contribution in [-0.2, 0) is 12.7 Å². The first-order chi connectivity index (χ1) is 17.2. The minimum Gasteiger partial charge on any atom is -0.434 e. The Balaban J connectivity index is 1.39. The summed E-state index contributed by atoms with van der Waals surface area (Å²) in [6, 6.07) is 17.3. The molecule has 1 aliphatic carbocycles. The van der Waals surface area contributed by atoms with Crippen molar-refractivity contribution in [3.8, 4) is 11.5 Å². The van der Waals surface area contributed by atoms with Crippen molar-refractivity contribution < 1.29 is 27.2 Å². The molecular weight excluding hydrogens is 469 g/mol. The molecular formula is C28H17F3N2O3. The molecule has 8 heteroatoms. The number of nitrogens with zero attached hydrogens (tertiary/aromatic N) is 2. The lowest BCUT2D eigenvalue weighted by Crippen LogP contribution is -2.04. The van der Waals surface area contributed by atoms with E-state index in [9.17, 15) is 22.8 Å². The molecule has 0 atom stereocenters. The first kappa shape index (κ1) is 22.0. The van der Waals surface area contributed by atoms with Crippen LogP contribution in [0, 0.1) is 0 Å². The molecule has 1 aliphatic rings. The number of rotatable bonds is 3. The van der Waals surface area contributed by atoms with Gasteiger partial charge in [0.2, 0.25) is 5.89 Å². The number of fused-ring (bicyclic) bond motifs is 3. The highest BCUT2D eigenvalue weighted by Crippen LogP contribution is 2.34. The molecule has 0 aliphatic heterocycles. The van der Waals surface area contributed by atoms with Gasteiger partial charge in [-0.2, -0.15) is 18.2 Å². The van der Waals surface area contributed by atoms with E-state index < -0.39 is 11.7 Å². The van der Waals surface area contributed by atoms with E-state index in [0.29, 0.717) is 40.2 Å². The molecule has 0 radical (unpaired) electrons. The Morgan fingerprint density at radius 1 is 0.917 bits per heavy atom. The van der Waals surface area contributed by atoms with Crippen molar-refractivity contribution in [1.82, 2.24) is 9.55 Å². The molecule has 0 saturated carbocycles. The fourth-order valence-electron chi connectivity index (χ4n) is 4.61. The predicted molar refractivity (Wildman–Crippen MR) is 129 cm³/mol. The summed E-state index contributed by atoms with van der Waals surface area (Å²) in [5.41, 5.74) is 1.93. The Kier molecular flexibility index (Phi) is 4.76. The van der Waals surface area contributed by atoms with Crippen LogP contribution in [0.2, 0.25) is 0 Å². The molecule has 2 heterocycles. The van der Waals surface area contributed by atoms with E-state index in [4.69, 9.17) is 4.42 Å². The fourth-order valence-corrected chi connectivity index (χ4v) is 4.61. The number of Topliss-reactive ketones (excluding diaryl/α,β-unsaturated/α-hetero) is 2. The highest BCUT2D eigenvalue weighted by atomic mass is 19.4. The van der Waals surface area contributed by atoms with Crippen molar-refractivity contribution >= 4 is 39.6 Å². The molecule has 0 unspecified atom stereocenters. The van der Waals surface area contributed by atoms with Crippen molar-refractivity contribution in [2.45, 2.75) is 19.6 Å². The third-order valence-electron chi connectivity index (χ3n) is 6.41. The van der Waals surface area contributed by atoms with E-state index in [1.54, 1.807) is 28.8 Å². The summed E-state index contributed by atoms with van der Waals surface area (Å²) in [5.74, 6) is -0.485. The SMILES string of the molecule is CCn1c(C=C2C(=O)c3cc4ccccc4cc3C2=O)cc2oc(-c3ccc(C(F)(F)F)cc3)nc21. The Hall–Kier alpha value is -4.46. The minimum absolute atomic E-state index is 0.0677. The number of oxazole rings is 1. The molecule has 36 heavy (non-hydrogen) atoms. The van der Waals surface area contributed by atoms with Gasteiger partial charge in [0, 0.05) is 35.0 Å². The van der Waals surface area contributed by atoms with Crippen molar-refractivity contribution in [1.29, 1.82) is 0 Å². The topological polar surface area (TPSA) is 65.1 Å². The summed E-state index contributed by atoms with van der Waals surface area (Å²) in [6.07, 6.45) is -2.88. The van der Waals surface area contributed by atoms with Crippen LogP contribution in [0.3, 0.4) is 0 Å². The summed E-state index contributed by atoms with van der Waals surface area (Å²) >= 11 is 0. The van der Waals surface area contributed by atoms with Crippen molar-refractivity contribution in [3.05, 3.63) is 94.7 Å². The number of benzene rings is 3. The van der Waals surface area contributed by atoms with Crippen LogP contribution in [0.5, 0.6) is 0 Å². The van der Waals surface area contributed by atoms with Crippen LogP contribution in [-0.4, -0.2) is 21.1 Å². The molecule has 178 valence electrons. The van der Waals surface area contributed by atoms with E-state index in [1.807, 2.05) is 31.2 Å². The van der Waals surface area contributed by atoms with E-state index in [1.165, 1.54) is 12.1 Å². The highest BCUT2D eigenvalue weighted by molar-refractivity contribution is 6.42. The molecule has 0 fully saturated rings. The smallest absolute Gasteiger partial charge is 0.416 e. The molecule has 5 nitrogen and oxygen atoms in total. The first-order valence-electron chi connectivity index (χ1n) is 11.3. The maximum absolute atomic E-state index is 13.1. The lowest BCUT2D eigenvalue weighted by atomic mass is 10.0. The molecule has 0 bridgehead atoms. The third kappa shape index (κ3) is 3.37. The molecule has 0 spiro atoms. The molecule has 3 aromatic carbocycles. The van der Waals surface area contributed by atoms with Gasteiger partial charge in [-0.25, -0.2) is 0 Å². The second-order valence-electron chi connectivity index (χ2n) is 8.56. The molecule has 0 amide bonds. The quantitative estimate of drug-likeness (QED) is 0.204. The monoisotopic (exact) mass is 486 g/mol.